The van der Waals surface area contributed by atoms with Crippen molar-refractivity contribution in [3.05, 3.63) is 59.9 Å². The highest BCUT2D eigenvalue weighted by molar-refractivity contribution is 5.96. The molecule has 1 aliphatic rings. The Balaban J connectivity index is 1.36. The van der Waals surface area contributed by atoms with E-state index in [0.717, 1.165) is 5.56 Å². The topological polar surface area (TPSA) is 101 Å². The van der Waals surface area contributed by atoms with Crippen molar-refractivity contribution in [3.63, 3.8) is 0 Å². The molecule has 4 aromatic rings. The Morgan fingerprint density at radius 2 is 2.17 bits per heavy atom. The first kappa shape index (κ1) is 17.4. The molecule has 1 N–H and O–H groups in total. The zero-order valence-electron chi connectivity index (χ0n) is 15.4. The number of nitrogens with zero attached hydrogens (tertiary/aromatic N) is 4. The number of nitrogens with one attached hydrogen (secondary N) is 1. The summed E-state index contributed by atoms with van der Waals surface area (Å²) in [6.45, 7) is 2.09. The van der Waals surface area contributed by atoms with Gasteiger partial charge < -0.3 is 13.8 Å². The zero-order chi connectivity index (χ0) is 20.0. The van der Waals surface area contributed by atoms with Crippen LogP contribution in [0.4, 0.5) is 10.1 Å². The molecule has 1 aliphatic heterocycles. The van der Waals surface area contributed by atoms with Gasteiger partial charge in [0.2, 0.25) is 5.91 Å². The van der Waals surface area contributed by atoms with Gasteiger partial charge >= 0.3 is 0 Å². The van der Waals surface area contributed by atoms with Crippen molar-refractivity contribution in [2.45, 2.75) is 19.3 Å². The van der Waals surface area contributed by atoms with Gasteiger partial charge in [0.1, 0.15) is 17.2 Å². The van der Waals surface area contributed by atoms with Crippen molar-refractivity contribution in [2.75, 3.05) is 11.4 Å². The number of H-pyrrole nitrogens is 1. The third-order valence-electron chi connectivity index (χ3n) is 4.91. The molecule has 146 valence electrons. The van der Waals surface area contributed by atoms with Crippen LogP contribution in [0.25, 0.3) is 23.0 Å². The summed E-state index contributed by atoms with van der Waals surface area (Å²) in [6, 6.07) is 10.1. The van der Waals surface area contributed by atoms with Crippen LogP contribution in [0.3, 0.4) is 0 Å². The second-order valence-electron chi connectivity index (χ2n) is 6.96. The molecule has 0 bridgehead atoms. The molecule has 1 fully saturated rings. The van der Waals surface area contributed by atoms with E-state index in [0.29, 0.717) is 29.5 Å². The van der Waals surface area contributed by atoms with Crippen LogP contribution in [0.2, 0.25) is 0 Å². The van der Waals surface area contributed by atoms with Crippen molar-refractivity contribution >= 4 is 11.6 Å². The predicted molar refractivity (Wildman–Crippen MR) is 100 cm³/mol. The van der Waals surface area contributed by atoms with E-state index in [1.165, 1.54) is 11.0 Å². The predicted octanol–water partition coefficient (Wildman–Crippen LogP) is 3.69. The molecule has 5 rings (SSSR count). The number of carbonyl (C=O) groups is 1. The van der Waals surface area contributed by atoms with Gasteiger partial charge in [-0.2, -0.15) is 10.1 Å². The SMILES string of the molecule is Cc1ccc(N2CC(c3noc(-c4cc(-c5ccco5)n[nH]4)n3)CC2=O)c(F)c1. The van der Waals surface area contributed by atoms with Crippen LogP contribution in [-0.4, -0.2) is 32.8 Å². The number of hydrogen-bond acceptors (Lipinski definition) is 6. The van der Waals surface area contributed by atoms with E-state index in [-0.39, 0.29) is 29.8 Å². The standard InChI is InChI=1S/C20H16FN5O3/c1-11-4-5-16(13(21)7-11)26-10-12(8-18(26)27)19-22-20(29-25-19)15-9-14(23-24-15)17-3-2-6-28-17/h2-7,9,12H,8,10H2,1H3,(H,23,24). The smallest absolute Gasteiger partial charge is 0.275 e. The number of aromatic amines is 1. The van der Waals surface area contributed by atoms with E-state index < -0.39 is 5.82 Å². The van der Waals surface area contributed by atoms with Crippen LogP contribution in [0.1, 0.15) is 23.7 Å². The summed E-state index contributed by atoms with van der Waals surface area (Å²) in [4.78, 5) is 18.3. The van der Waals surface area contributed by atoms with E-state index in [2.05, 4.69) is 20.3 Å². The number of benzene rings is 1. The number of hydrogen-bond donors (Lipinski definition) is 1. The largest absolute Gasteiger partial charge is 0.463 e. The molecular formula is C20H16FN5O3. The van der Waals surface area contributed by atoms with E-state index in [4.69, 9.17) is 8.94 Å². The number of carbonyl (C=O) groups excluding carboxylic acids is 1. The summed E-state index contributed by atoms with van der Waals surface area (Å²) in [6.07, 6.45) is 1.75. The molecule has 1 amide bonds. The summed E-state index contributed by atoms with van der Waals surface area (Å²) in [7, 11) is 0. The second kappa shape index (κ2) is 6.69. The Morgan fingerprint density at radius 1 is 1.28 bits per heavy atom. The average Bonchev–Trinajstić information content (AvgIpc) is 3.47. The first-order valence-corrected chi connectivity index (χ1v) is 9.08. The lowest BCUT2D eigenvalue weighted by Crippen LogP contribution is -2.25. The maximum Gasteiger partial charge on any atom is 0.275 e. The fourth-order valence-electron chi connectivity index (χ4n) is 3.44. The van der Waals surface area contributed by atoms with Crippen molar-refractivity contribution in [3.8, 4) is 23.0 Å². The van der Waals surface area contributed by atoms with Crippen molar-refractivity contribution in [1.82, 2.24) is 20.3 Å². The van der Waals surface area contributed by atoms with E-state index in [1.807, 2.05) is 0 Å². The van der Waals surface area contributed by atoms with Crippen LogP contribution in [0.15, 0.2) is 51.6 Å². The number of amides is 1. The molecule has 0 saturated carbocycles. The summed E-state index contributed by atoms with van der Waals surface area (Å²) >= 11 is 0. The van der Waals surface area contributed by atoms with Crippen LogP contribution >= 0.6 is 0 Å². The molecule has 1 aromatic carbocycles. The minimum absolute atomic E-state index is 0.175. The van der Waals surface area contributed by atoms with Gasteiger partial charge in [-0.1, -0.05) is 11.2 Å². The monoisotopic (exact) mass is 393 g/mol. The molecule has 1 unspecified atom stereocenters. The van der Waals surface area contributed by atoms with E-state index in [9.17, 15) is 9.18 Å². The van der Waals surface area contributed by atoms with Gasteiger partial charge in [-0.05, 0) is 36.8 Å². The number of rotatable bonds is 4. The second-order valence-corrected chi connectivity index (χ2v) is 6.96. The normalized spacial score (nSPS) is 16.7. The fraction of sp³-hybridized carbons (Fsp3) is 0.200. The third-order valence-corrected chi connectivity index (χ3v) is 4.91. The van der Waals surface area contributed by atoms with Gasteiger partial charge in [0.15, 0.2) is 11.6 Å². The number of furan rings is 1. The highest BCUT2D eigenvalue weighted by atomic mass is 19.1. The third kappa shape index (κ3) is 3.10. The zero-order valence-corrected chi connectivity index (χ0v) is 15.4. The van der Waals surface area contributed by atoms with Crippen LogP contribution in [-0.2, 0) is 4.79 Å². The van der Waals surface area contributed by atoms with E-state index in [1.54, 1.807) is 43.5 Å². The molecule has 29 heavy (non-hydrogen) atoms. The molecular weight excluding hydrogens is 377 g/mol. The van der Waals surface area contributed by atoms with Gasteiger partial charge in [0, 0.05) is 24.9 Å². The van der Waals surface area contributed by atoms with Crippen LogP contribution in [0.5, 0.6) is 0 Å². The van der Waals surface area contributed by atoms with Crippen LogP contribution < -0.4 is 4.90 Å². The summed E-state index contributed by atoms with van der Waals surface area (Å²) in [5.41, 5.74) is 2.22. The minimum atomic E-state index is -0.421. The van der Waals surface area contributed by atoms with Gasteiger partial charge in [-0.15, -0.1) is 0 Å². The first-order chi connectivity index (χ1) is 14.1. The highest BCUT2D eigenvalue weighted by Crippen LogP contribution is 2.33. The minimum Gasteiger partial charge on any atom is -0.463 e. The number of anilines is 1. The molecule has 1 saturated heterocycles. The Labute approximate surface area is 164 Å². The lowest BCUT2D eigenvalue weighted by molar-refractivity contribution is -0.117. The molecule has 9 heteroatoms. The molecule has 1 atom stereocenters. The van der Waals surface area contributed by atoms with E-state index >= 15 is 0 Å². The summed E-state index contributed by atoms with van der Waals surface area (Å²) in [5.74, 6) is 0.397. The van der Waals surface area contributed by atoms with Crippen molar-refractivity contribution in [1.29, 1.82) is 0 Å². The van der Waals surface area contributed by atoms with Crippen molar-refractivity contribution in [2.24, 2.45) is 0 Å². The summed E-state index contributed by atoms with van der Waals surface area (Å²) < 4.78 is 24.9. The van der Waals surface area contributed by atoms with Gasteiger partial charge in [0.25, 0.3) is 5.89 Å². The molecule has 0 aliphatic carbocycles. The lowest BCUT2D eigenvalue weighted by Gasteiger charge is -2.17. The number of aryl methyl sites for hydroxylation is 1. The maximum absolute atomic E-state index is 14.3. The first-order valence-electron chi connectivity index (χ1n) is 9.08. The molecule has 0 spiro atoms. The van der Waals surface area contributed by atoms with Gasteiger partial charge in [-0.3, -0.25) is 9.89 Å². The molecule has 4 heterocycles. The number of halogens is 1. The van der Waals surface area contributed by atoms with Crippen molar-refractivity contribution < 1.29 is 18.1 Å². The molecule has 3 aromatic heterocycles. The lowest BCUT2D eigenvalue weighted by atomic mass is 10.1. The Morgan fingerprint density at radius 3 is 2.97 bits per heavy atom. The van der Waals surface area contributed by atoms with Gasteiger partial charge in [-0.25, -0.2) is 4.39 Å². The fourth-order valence-corrected chi connectivity index (χ4v) is 3.44. The quantitative estimate of drug-likeness (QED) is 0.567. The van der Waals surface area contributed by atoms with Gasteiger partial charge in [0.05, 0.1) is 12.0 Å². The molecule has 8 nitrogen and oxygen atoms in total. The maximum atomic E-state index is 14.3. The number of aromatic nitrogens is 4. The Hall–Kier alpha value is -3.75. The summed E-state index contributed by atoms with van der Waals surface area (Å²) in [5, 5.41) is 11.0. The Bertz CT molecular complexity index is 1180. The average molecular weight is 393 g/mol. The molecule has 0 radical (unpaired) electrons. The van der Waals surface area contributed by atoms with Crippen LogP contribution in [0, 0.1) is 12.7 Å². The highest BCUT2D eigenvalue weighted by Gasteiger charge is 2.35. The Kier molecular flexibility index (Phi) is 4.01.